The molecule has 0 fully saturated rings. The standard InChI is InChI=1S/C13H13ClN2O2/c1-2-9-4-6-12(18-9)13(17)16-11-7-8(15)3-5-10(11)14/h3-7H,2,15H2,1H3,(H,16,17). The van der Waals surface area contributed by atoms with Crippen molar-refractivity contribution in [3.63, 3.8) is 0 Å². The van der Waals surface area contributed by atoms with Crippen LogP contribution >= 0.6 is 11.6 Å². The summed E-state index contributed by atoms with van der Waals surface area (Å²) >= 11 is 5.96. The fourth-order valence-electron chi connectivity index (χ4n) is 1.51. The number of hydrogen-bond acceptors (Lipinski definition) is 3. The minimum atomic E-state index is -0.345. The van der Waals surface area contributed by atoms with E-state index in [1.54, 1.807) is 30.3 Å². The normalized spacial score (nSPS) is 10.3. The second-order valence-electron chi connectivity index (χ2n) is 3.81. The quantitative estimate of drug-likeness (QED) is 0.836. The van der Waals surface area contributed by atoms with Crippen LogP contribution in [0.5, 0.6) is 0 Å². The first-order valence-corrected chi connectivity index (χ1v) is 5.93. The van der Waals surface area contributed by atoms with Crippen molar-refractivity contribution < 1.29 is 9.21 Å². The van der Waals surface area contributed by atoms with Crippen LogP contribution in [0, 0.1) is 0 Å². The zero-order valence-corrected chi connectivity index (χ0v) is 10.6. The molecule has 0 atom stereocenters. The molecule has 1 aromatic carbocycles. The summed E-state index contributed by atoms with van der Waals surface area (Å²) < 4.78 is 5.35. The average Bonchev–Trinajstić information content (AvgIpc) is 2.82. The highest BCUT2D eigenvalue weighted by Crippen LogP contribution is 2.24. The lowest BCUT2D eigenvalue weighted by Gasteiger charge is -2.06. The fourth-order valence-corrected chi connectivity index (χ4v) is 1.68. The molecule has 94 valence electrons. The van der Waals surface area contributed by atoms with E-state index in [-0.39, 0.29) is 11.7 Å². The number of carbonyl (C=O) groups excluding carboxylic acids is 1. The van der Waals surface area contributed by atoms with Crippen molar-refractivity contribution in [1.82, 2.24) is 0 Å². The Hall–Kier alpha value is -1.94. The predicted octanol–water partition coefficient (Wildman–Crippen LogP) is 3.33. The van der Waals surface area contributed by atoms with Crippen molar-refractivity contribution in [1.29, 1.82) is 0 Å². The summed E-state index contributed by atoms with van der Waals surface area (Å²) in [6.45, 7) is 1.95. The molecule has 3 N–H and O–H groups in total. The van der Waals surface area contributed by atoms with Crippen molar-refractivity contribution in [2.45, 2.75) is 13.3 Å². The molecule has 0 spiro atoms. The summed E-state index contributed by atoms with van der Waals surface area (Å²) in [6.07, 6.45) is 0.742. The fraction of sp³-hybridized carbons (Fsp3) is 0.154. The predicted molar refractivity (Wildman–Crippen MR) is 71.9 cm³/mol. The number of benzene rings is 1. The Morgan fingerprint density at radius 3 is 2.83 bits per heavy atom. The van der Waals surface area contributed by atoms with Crippen molar-refractivity contribution >= 4 is 28.9 Å². The molecular weight excluding hydrogens is 252 g/mol. The highest BCUT2D eigenvalue weighted by molar-refractivity contribution is 6.34. The highest BCUT2D eigenvalue weighted by atomic mass is 35.5. The van der Waals surface area contributed by atoms with Crippen molar-refractivity contribution in [3.05, 3.63) is 46.9 Å². The van der Waals surface area contributed by atoms with Gasteiger partial charge < -0.3 is 15.5 Å². The molecule has 0 radical (unpaired) electrons. The maximum atomic E-state index is 11.9. The minimum absolute atomic E-state index is 0.255. The van der Waals surface area contributed by atoms with E-state index < -0.39 is 0 Å². The van der Waals surface area contributed by atoms with Crippen molar-refractivity contribution in [3.8, 4) is 0 Å². The van der Waals surface area contributed by atoms with E-state index in [0.717, 1.165) is 12.2 Å². The van der Waals surface area contributed by atoms with Crippen LogP contribution in [0.2, 0.25) is 5.02 Å². The first kappa shape index (κ1) is 12.5. The van der Waals surface area contributed by atoms with E-state index in [1.807, 2.05) is 6.92 Å². The number of halogens is 1. The maximum Gasteiger partial charge on any atom is 0.291 e. The van der Waals surface area contributed by atoms with Crippen LogP contribution in [0.4, 0.5) is 11.4 Å². The van der Waals surface area contributed by atoms with Gasteiger partial charge in [-0.2, -0.15) is 0 Å². The number of nitrogens with one attached hydrogen (secondary N) is 1. The Kier molecular flexibility index (Phi) is 3.58. The van der Waals surface area contributed by atoms with Crippen LogP contribution in [-0.4, -0.2) is 5.91 Å². The summed E-state index contributed by atoms with van der Waals surface area (Å²) in [5.41, 5.74) is 6.63. The van der Waals surface area contributed by atoms with Crippen molar-refractivity contribution in [2.24, 2.45) is 0 Å². The van der Waals surface area contributed by atoms with Crippen LogP contribution < -0.4 is 11.1 Å². The number of rotatable bonds is 3. The number of carbonyl (C=O) groups is 1. The van der Waals surface area contributed by atoms with Gasteiger partial charge in [-0.15, -0.1) is 0 Å². The van der Waals surface area contributed by atoms with Crippen LogP contribution in [0.25, 0.3) is 0 Å². The van der Waals surface area contributed by atoms with E-state index >= 15 is 0 Å². The third-order valence-corrected chi connectivity index (χ3v) is 2.80. The van der Waals surface area contributed by atoms with Crippen LogP contribution in [0.3, 0.4) is 0 Å². The number of aryl methyl sites for hydroxylation is 1. The number of anilines is 2. The zero-order valence-electron chi connectivity index (χ0n) is 9.87. The molecule has 0 bridgehead atoms. The Morgan fingerprint density at radius 2 is 2.17 bits per heavy atom. The molecule has 0 aliphatic carbocycles. The zero-order chi connectivity index (χ0) is 13.1. The monoisotopic (exact) mass is 264 g/mol. The third kappa shape index (κ3) is 2.65. The van der Waals surface area contributed by atoms with Gasteiger partial charge in [-0.05, 0) is 30.3 Å². The molecular formula is C13H13ClN2O2. The summed E-state index contributed by atoms with van der Waals surface area (Å²) in [6, 6.07) is 8.31. The summed E-state index contributed by atoms with van der Waals surface area (Å²) in [5, 5.41) is 3.09. The Balaban J connectivity index is 2.18. The molecule has 2 rings (SSSR count). The van der Waals surface area contributed by atoms with E-state index in [2.05, 4.69) is 5.32 Å². The second-order valence-corrected chi connectivity index (χ2v) is 4.22. The second kappa shape index (κ2) is 5.14. The van der Waals surface area contributed by atoms with Gasteiger partial charge in [0.05, 0.1) is 10.7 Å². The topological polar surface area (TPSA) is 68.3 Å². The molecule has 1 aromatic heterocycles. The van der Waals surface area contributed by atoms with Gasteiger partial charge >= 0.3 is 0 Å². The molecule has 18 heavy (non-hydrogen) atoms. The molecule has 0 saturated carbocycles. The largest absolute Gasteiger partial charge is 0.456 e. The van der Waals surface area contributed by atoms with E-state index in [0.29, 0.717) is 16.4 Å². The molecule has 1 heterocycles. The van der Waals surface area contributed by atoms with Gasteiger partial charge in [0.1, 0.15) is 5.76 Å². The van der Waals surface area contributed by atoms with Gasteiger partial charge in [0.25, 0.3) is 5.91 Å². The van der Waals surface area contributed by atoms with E-state index in [9.17, 15) is 4.79 Å². The van der Waals surface area contributed by atoms with Crippen LogP contribution in [-0.2, 0) is 6.42 Å². The Labute approximate surface area is 110 Å². The summed E-state index contributed by atoms with van der Waals surface area (Å²) in [7, 11) is 0. The number of furan rings is 1. The van der Waals surface area contributed by atoms with E-state index in [1.165, 1.54) is 0 Å². The van der Waals surface area contributed by atoms with Gasteiger partial charge in [0, 0.05) is 12.1 Å². The Bertz CT molecular complexity index is 578. The molecule has 2 aromatic rings. The number of nitrogens with two attached hydrogens (primary N) is 1. The lowest BCUT2D eigenvalue weighted by atomic mass is 10.2. The van der Waals surface area contributed by atoms with Crippen LogP contribution in [0.1, 0.15) is 23.2 Å². The van der Waals surface area contributed by atoms with Crippen LogP contribution in [0.15, 0.2) is 34.7 Å². The molecule has 1 amide bonds. The third-order valence-electron chi connectivity index (χ3n) is 2.47. The lowest BCUT2D eigenvalue weighted by molar-refractivity contribution is 0.0995. The SMILES string of the molecule is CCc1ccc(C(=O)Nc2cc(N)ccc2Cl)o1. The molecule has 4 nitrogen and oxygen atoms in total. The number of nitrogen functional groups attached to an aromatic ring is 1. The van der Waals surface area contributed by atoms with Crippen molar-refractivity contribution in [2.75, 3.05) is 11.1 Å². The highest BCUT2D eigenvalue weighted by Gasteiger charge is 2.12. The number of amides is 1. The van der Waals surface area contributed by atoms with Gasteiger partial charge in [-0.25, -0.2) is 0 Å². The molecule has 5 heteroatoms. The molecule has 0 saturated heterocycles. The van der Waals surface area contributed by atoms with Gasteiger partial charge in [0.2, 0.25) is 0 Å². The van der Waals surface area contributed by atoms with Gasteiger partial charge in [-0.1, -0.05) is 18.5 Å². The smallest absolute Gasteiger partial charge is 0.291 e. The lowest BCUT2D eigenvalue weighted by Crippen LogP contribution is -2.11. The average molecular weight is 265 g/mol. The van der Waals surface area contributed by atoms with Gasteiger partial charge in [0.15, 0.2) is 5.76 Å². The molecule has 0 unspecified atom stereocenters. The molecule has 0 aliphatic rings. The van der Waals surface area contributed by atoms with E-state index in [4.69, 9.17) is 21.8 Å². The first-order valence-electron chi connectivity index (χ1n) is 5.55. The van der Waals surface area contributed by atoms with Gasteiger partial charge in [-0.3, -0.25) is 4.79 Å². The maximum absolute atomic E-state index is 11.9. The Morgan fingerprint density at radius 1 is 1.39 bits per heavy atom. The molecule has 0 aliphatic heterocycles. The summed E-state index contributed by atoms with van der Waals surface area (Å²) in [5.74, 6) is 0.673. The first-order chi connectivity index (χ1) is 8.60. The number of hydrogen-bond donors (Lipinski definition) is 2. The summed E-state index contributed by atoms with van der Waals surface area (Å²) in [4.78, 5) is 11.9. The minimum Gasteiger partial charge on any atom is -0.456 e.